The average Bonchev–Trinajstić information content (AvgIpc) is 2.98. The van der Waals surface area contributed by atoms with Crippen LogP contribution >= 0.6 is 0 Å². The first-order valence-electron chi connectivity index (χ1n) is 7.62. The highest BCUT2D eigenvalue weighted by Gasteiger charge is 2.44. The predicted octanol–water partition coefficient (Wildman–Crippen LogP) is 2.22. The summed E-state index contributed by atoms with van der Waals surface area (Å²) in [6, 6.07) is 0.0404. The van der Waals surface area contributed by atoms with Crippen molar-refractivity contribution in [2.24, 2.45) is 23.7 Å². The monoisotopic (exact) mass is 250 g/mol. The minimum absolute atomic E-state index is 0.0404. The molecule has 1 aliphatic heterocycles. The van der Waals surface area contributed by atoms with E-state index < -0.39 is 0 Å². The van der Waals surface area contributed by atoms with Crippen LogP contribution in [0.2, 0.25) is 0 Å². The maximum atomic E-state index is 12.4. The van der Waals surface area contributed by atoms with Crippen molar-refractivity contribution < 1.29 is 4.79 Å². The summed E-state index contributed by atoms with van der Waals surface area (Å²) in [4.78, 5) is 14.5. The highest BCUT2D eigenvalue weighted by molar-refractivity contribution is 5.84. The summed E-state index contributed by atoms with van der Waals surface area (Å²) in [5.74, 6) is 3.39. The molecule has 0 spiro atoms. The van der Waals surface area contributed by atoms with E-state index in [9.17, 15) is 4.79 Å². The Hall–Kier alpha value is -0.570. The molecule has 2 bridgehead atoms. The number of rotatable bonds is 3. The van der Waals surface area contributed by atoms with Gasteiger partial charge in [0.05, 0.1) is 12.2 Å². The fourth-order valence-electron chi connectivity index (χ4n) is 4.37. The Morgan fingerprint density at radius 3 is 2.61 bits per heavy atom. The summed E-state index contributed by atoms with van der Waals surface area (Å²) in [6.07, 6.45) is 5.88. The molecule has 3 rings (SSSR count). The van der Waals surface area contributed by atoms with Gasteiger partial charge < -0.3 is 4.90 Å². The van der Waals surface area contributed by atoms with Crippen LogP contribution in [0, 0.1) is 23.7 Å². The van der Waals surface area contributed by atoms with Crippen LogP contribution in [0.25, 0.3) is 0 Å². The molecule has 2 saturated carbocycles. The maximum absolute atomic E-state index is 12.4. The molecular formula is C15H26N2O. The zero-order chi connectivity index (χ0) is 12.9. The van der Waals surface area contributed by atoms with Crippen LogP contribution in [0.3, 0.4) is 0 Å². The molecule has 3 heteroatoms. The van der Waals surface area contributed by atoms with Crippen molar-refractivity contribution in [3.05, 3.63) is 0 Å². The molecule has 5 atom stereocenters. The third-order valence-corrected chi connectivity index (χ3v) is 5.42. The summed E-state index contributed by atoms with van der Waals surface area (Å²) in [5, 5.41) is 3.45. The lowest BCUT2D eigenvalue weighted by Gasteiger charge is -2.29. The number of amides is 1. The van der Waals surface area contributed by atoms with Crippen molar-refractivity contribution in [3.8, 4) is 0 Å². The van der Waals surface area contributed by atoms with Crippen LogP contribution in [-0.2, 0) is 4.79 Å². The molecule has 0 radical (unpaired) electrons. The Labute approximate surface area is 110 Å². The van der Waals surface area contributed by atoms with Crippen LogP contribution in [0.15, 0.2) is 0 Å². The molecule has 0 aromatic carbocycles. The summed E-state index contributed by atoms with van der Waals surface area (Å²) in [5.41, 5.74) is 0. The zero-order valence-electron chi connectivity index (χ0n) is 11.9. The summed E-state index contributed by atoms with van der Waals surface area (Å²) in [7, 11) is 0. The number of fused-ring (bicyclic) bond motifs is 2. The van der Waals surface area contributed by atoms with Crippen molar-refractivity contribution in [2.45, 2.75) is 58.7 Å². The van der Waals surface area contributed by atoms with E-state index in [-0.39, 0.29) is 12.2 Å². The number of nitrogens with zero attached hydrogens (tertiary/aromatic N) is 1. The van der Waals surface area contributed by atoms with Gasteiger partial charge >= 0.3 is 0 Å². The minimum atomic E-state index is 0.0404. The van der Waals surface area contributed by atoms with Crippen molar-refractivity contribution in [3.63, 3.8) is 0 Å². The third-order valence-electron chi connectivity index (χ3n) is 5.42. The van der Waals surface area contributed by atoms with Crippen LogP contribution < -0.4 is 5.32 Å². The highest BCUT2D eigenvalue weighted by Crippen LogP contribution is 2.48. The molecule has 1 amide bonds. The maximum Gasteiger partial charge on any atom is 0.241 e. The van der Waals surface area contributed by atoms with Gasteiger partial charge in [-0.3, -0.25) is 10.1 Å². The first-order valence-corrected chi connectivity index (χ1v) is 7.62. The second-order valence-electron chi connectivity index (χ2n) is 6.99. The molecule has 0 aromatic rings. The number of carbonyl (C=O) groups excluding carboxylic acids is 1. The molecule has 1 heterocycles. The largest absolute Gasteiger partial charge is 0.326 e. The molecular weight excluding hydrogens is 224 g/mol. The SMILES string of the molecule is CC(C)C1NC(C)N(CC2CC3CCC2C3)C1=O. The van der Waals surface area contributed by atoms with Gasteiger partial charge in [-0.15, -0.1) is 0 Å². The van der Waals surface area contributed by atoms with Crippen LogP contribution in [0.4, 0.5) is 0 Å². The predicted molar refractivity (Wildman–Crippen MR) is 71.9 cm³/mol. The fourth-order valence-corrected chi connectivity index (χ4v) is 4.37. The van der Waals surface area contributed by atoms with E-state index in [1.165, 1.54) is 25.7 Å². The van der Waals surface area contributed by atoms with Gasteiger partial charge in [-0.05, 0) is 49.9 Å². The van der Waals surface area contributed by atoms with E-state index >= 15 is 0 Å². The van der Waals surface area contributed by atoms with Gasteiger partial charge in [-0.2, -0.15) is 0 Å². The van der Waals surface area contributed by atoms with E-state index in [4.69, 9.17) is 0 Å². The first kappa shape index (κ1) is 12.5. The smallest absolute Gasteiger partial charge is 0.241 e. The van der Waals surface area contributed by atoms with E-state index in [2.05, 4.69) is 31.0 Å². The Balaban J connectivity index is 1.64. The molecule has 3 fully saturated rings. The Morgan fingerprint density at radius 2 is 2.11 bits per heavy atom. The van der Waals surface area contributed by atoms with Crippen LogP contribution in [0.1, 0.15) is 46.5 Å². The highest BCUT2D eigenvalue weighted by atomic mass is 16.2. The number of carbonyl (C=O) groups is 1. The Bertz CT molecular complexity index is 341. The van der Waals surface area contributed by atoms with E-state index in [1.807, 2.05) is 0 Å². The lowest BCUT2D eigenvalue weighted by molar-refractivity contribution is -0.131. The van der Waals surface area contributed by atoms with Gasteiger partial charge in [0, 0.05) is 6.54 Å². The van der Waals surface area contributed by atoms with Crippen molar-refractivity contribution in [1.29, 1.82) is 0 Å². The topological polar surface area (TPSA) is 32.3 Å². The lowest BCUT2D eigenvalue weighted by Crippen LogP contribution is -2.39. The lowest BCUT2D eigenvalue weighted by atomic mass is 9.88. The number of hydrogen-bond acceptors (Lipinski definition) is 2. The van der Waals surface area contributed by atoms with Gasteiger partial charge in [0.15, 0.2) is 0 Å². The molecule has 102 valence electrons. The fraction of sp³-hybridized carbons (Fsp3) is 0.933. The Kier molecular flexibility index (Phi) is 3.13. The van der Waals surface area contributed by atoms with Gasteiger partial charge in [-0.1, -0.05) is 20.3 Å². The molecule has 3 nitrogen and oxygen atoms in total. The normalized spacial score (nSPS) is 43.4. The molecule has 5 unspecified atom stereocenters. The van der Waals surface area contributed by atoms with Crippen LogP contribution in [-0.4, -0.2) is 29.6 Å². The Morgan fingerprint density at radius 1 is 1.33 bits per heavy atom. The summed E-state index contributed by atoms with van der Waals surface area (Å²) in [6.45, 7) is 7.39. The summed E-state index contributed by atoms with van der Waals surface area (Å²) >= 11 is 0. The zero-order valence-corrected chi connectivity index (χ0v) is 11.9. The third kappa shape index (κ3) is 1.97. The second kappa shape index (κ2) is 4.52. The number of nitrogens with one attached hydrogen (secondary N) is 1. The van der Waals surface area contributed by atoms with Gasteiger partial charge in [0.2, 0.25) is 5.91 Å². The van der Waals surface area contributed by atoms with Crippen LogP contribution in [0.5, 0.6) is 0 Å². The molecule has 2 aliphatic carbocycles. The molecule has 1 N–H and O–H groups in total. The average molecular weight is 250 g/mol. The molecule has 18 heavy (non-hydrogen) atoms. The van der Waals surface area contributed by atoms with E-state index in [1.54, 1.807) is 0 Å². The van der Waals surface area contributed by atoms with Gasteiger partial charge in [-0.25, -0.2) is 0 Å². The van der Waals surface area contributed by atoms with Crippen molar-refractivity contribution in [1.82, 2.24) is 10.2 Å². The first-order chi connectivity index (χ1) is 8.56. The van der Waals surface area contributed by atoms with E-state index in [0.717, 1.165) is 24.3 Å². The van der Waals surface area contributed by atoms with Crippen molar-refractivity contribution >= 4 is 5.91 Å². The molecule has 3 aliphatic rings. The second-order valence-corrected chi connectivity index (χ2v) is 6.99. The summed E-state index contributed by atoms with van der Waals surface area (Å²) < 4.78 is 0. The van der Waals surface area contributed by atoms with Crippen molar-refractivity contribution in [2.75, 3.05) is 6.54 Å². The standard InChI is InChI=1S/C15H26N2O/c1-9(2)14-15(18)17(10(3)16-14)8-13-7-11-4-5-12(13)6-11/h9-14,16H,4-8H2,1-3H3. The van der Waals surface area contributed by atoms with Gasteiger partial charge in [0.25, 0.3) is 0 Å². The minimum Gasteiger partial charge on any atom is -0.326 e. The molecule has 0 aromatic heterocycles. The number of hydrogen-bond donors (Lipinski definition) is 1. The quantitative estimate of drug-likeness (QED) is 0.833. The van der Waals surface area contributed by atoms with E-state index in [0.29, 0.717) is 11.8 Å². The van der Waals surface area contributed by atoms with Gasteiger partial charge in [0.1, 0.15) is 0 Å². The molecule has 1 saturated heterocycles.